The first-order chi connectivity index (χ1) is 14.0. The summed E-state index contributed by atoms with van der Waals surface area (Å²) in [5, 5.41) is 0.675. The number of carbonyl (C=O) groups excluding carboxylic acids is 2. The summed E-state index contributed by atoms with van der Waals surface area (Å²) < 4.78 is 0. The van der Waals surface area contributed by atoms with Gasteiger partial charge in [-0.05, 0) is 42.7 Å². The molecule has 2 heterocycles. The topological polar surface area (TPSA) is 43.9 Å². The molecule has 0 saturated carbocycles. The monoisotopic (exact) mass is 411 g/mol. The van der Waals surface area contributed by atoms with Gasteiger partial charge in [-0.1, -0.05) is 41.9 Å². The molecule has 6 heteroatoms. The maximum absolute atomic E-state index is 13.0. The van der Waals surface area contributed by atoms with E-state index in [0.717, 1.165) is 30.8 Å². The molecule has 0 N–H and O–H groups in total. The number of rotatable bonds is 4. The zero-order valence-electron chi connectivity index (χ0n) is 16.7. The van der Waals surface area contributed by atoms with Crippen LogP contribution in [0.4, 0.5) is 5.69 Å². The predicted molar refractivity (Wildman–Crippen MR) is 115 cm³/mol. The van der Waals surface area contributed by atoms with Crippen molar-refractivity contribution in [3.63, 3.8) is 0 Å². The van der Waals surface area contributed by atoms with E-state index in [2.05, 4.69) is 17.9 Å². The molecule has 1 atom stereocenters. The number of carbonyl (C=O) groups is 2. The minimum atomic E-state index is 0.125. The van der Waals surface area contributed by atoms with E-state index in [1.165, 1.54) is 5.56 Å². The molecule has 4 rings (SSSR count). The van der Waals surface area contributed by atoms with Gasteiger partial charge in [-0.2, -0.15) is 0 Å². The van der Waals surface area contributed by atoms with E-state index in [-0.39, 0.29) is 17.9 Å². The number of anilines is 1. The van der Waals surface area contributed by atoms with Crippen molar-refractivity contribution in [2.75, 3.05) is 37.6 Å². The van der Waals surface area contributed by atoms with Crippen molar-refractivity contribution < 1.29 is 9.59 Å². The standard InChI is InChI=1S/C23H26ClN3O2/c1-17-14-19-4-2-3-5-21(19)27(17)23(29)16-25-10-12-26(13-11-25)22(28)15-18-6-8-20(24)9-7-18/h2-9,17H,10-16H2,1H3. The summed E-state index contributed by atoms with van der Waals surface area (Å²) in [5.41, 5.74) is 3.26. The van der Waals surface area contributed by atoms with Gasteiger partial charge in [-0.3, -0.25) is 14.5 Å². The summed E-state index contributed by atoms with van der Waals surface area (Å²) in [5.74, 6) is 0.267. The third kappa shape index (κ3) is 4.46. The van der Waals surface area contributed by atoms with Gasteiger partial charge in [0.2, 0.25) is 11.8 Å². The van der Waals surface area contributed by atoms with Gasteiger partial charge in [0.05, 0.1) is 13.0 Å². The fourth-order valence-corrected chi connectivity index (χ4v) is 4.38. The maximum Gasteiger partial charge on any atom is 0.241 e. The number of benzene rings is 2. The Balaban J connectivity index is 1.29. The Morgan fingerprint density at radius 1 is 0.966 bits per heavy atom. The molecule has 2 aromatic rings. The Morgan fingerprint density at radius 2 is 1.66 bits per heavy atom. The smallest absolute Gasteiger partial charge is 0.241 e. The van der Waals surface area contributed by atoms with Gasteiger partial charge >= 0.3 is 0 Å². The van der Waals surface area contributed by atoms with Gasteiger partial charge in [0, 0.05) is 42.9 Å². The fourth-order valence-electron chi connectivity index (χ4n) is 4.26. The highest BCUT2D eigenvalue weighted by molar-refractivity contribution is 6.30. The van der Waals surface area contributed by atoms with Crippen LogP contribution in [0.5, 0.6) is 0 Å². The summed E-state index contributed by atoms with van der Waals surface area (Å²) in [4.78, 5) is 31.5. The second-order valence-corrected chi connectivity index (χ2v) is 8.34. The van der Waals surface area contributed by atoms with E-state index in [4.69, 9.17) is 11.6 Å². The molecular formula is C23H26ClN3O2. The van der Waals surface area contributed by atoms with Crippen LogP contribution < -0.4 is 4.90 Å². The van der Waals surface area contributed by atoms with Crippen molar-refractivity contribution in [3.05, 3.63) is 64.7 Å². The summed E-state index contributed by atoms with van der Waals surface area (Å²) >= 11 is 5.91. The first-order valence-corrected chi connectivity index (χ1v) is 10.5. The molecule has 1 saturated heterocycles. The van der Waals surface area contributed by atoms with E-state index in [0.29, 0.717) is 31.1 Å². The molecular weight excluding hydrogens is 386 g/mol. The normalized spacial score (nSPS) is 19.3. The van der Waals surface area contributed by atoms with Gasteiger partial charge in [0.1, 0.15) is 0 Å². The lowest BCUT2D eigenvalue weighted by atomic mass is 10.1. The number of hydrogen-bond acceptors (Lipinski definition) is 3. The van der Waals surface area contributed by atoms with Gasteiger partial charge < -0.3 is 9.80 Å². The molecule has 0 radical (unpaired) electrons. The molecule has 0 aromatic heterocycles. The molecule has 1 fully saturated rings. The van der Waals surface area contributed by atoms with Crippen molar-refractivity contribution in [2.24, 2.45) is 0 Å². The number of para-hydroxylation sites is 1. The molecule has 0 spiro atoms. The molecule has 5 nitrogen and oxygen atoms in total. The van der Waals surface area contributed by atoms with Crippen LogP contribution in [0.2, 0.25) is 5.02 Å². The Kier molecular flexibility index (Phi) is 5.88. The van der Waals surface area contributed by atoms with Gasteiger partial charge in [0.25, 0.3) is 0 Å². The molecule has 2 amide bonds. The third-order valence-electron chi connectivity index (χ3n) is 5.83. The molecule has 0 bridgehead atoms. The van der Waals surface area contributed by atoms with E-state index in [9.17, 15) is 9.59 Å². The zero-order valence-corrected chi connectivity index (χ0v) is 17.4. The maximum atomic E-state index is 13.0. The lowest BCUT2D eigenvalue weighted by Gasteiger charge is -2.35. The first-order valence-electron chi connectivity index (χ1n) is 10.2. The number of halogens is 1. The van der Waals surface area contributed by atoms with Crippen LogP contribution >= 0.6 is 11.6 Å². The van der Waals surface area contributed by atoms with E-state index < -0.39 is 0 Å². The van der Waals surface area contributed by atoms with E-state index in [1.54, 1.807) is 0 Å². The van der Waals surface area contributed by atoms with Crippen molar-refractivity contribution in [2.45, 2.75) is 25.8 Å². The summed E-state index contributed by atoms with van der Waals surface area (Å²) in [6.45, 7) is 5.27. The van der Waals surface area contributed by atoms with Crippen LogP contribution in [0.3, 0.4) is 0 Å². The summed E-state index contributed by atoms with van der Waals surface area (Å²) in [7, 11) is 0. The molecule has 2 aromatic carbocycles. The van der Waals surface area contributed by atoms with Crippen LogP contribution in [-0.2, 0) is 22.4 Å². The van der Waals surface area contributed by atoms with Gasteiger partial charge in [0.15, 0.2) is 0 Å². The Hall–Kier alpha value is -2.37. The highest BCUT2D eigenvalue weighted by atomic mass is 35.5. The summed E-state index contributed by atoms with van der Waals surface area (Å²) in [6.07, 6.45) is 1.30. The molecule has 29 heavy (non-hydrogen) atoms. The highest BCUT2D eigenvalue weighted by Crippen LogP contribution is 2.31. The molecule has 2 aliphatic heterocycles. The number of hydrogen-bond donors (Lipinski definition) is 0. The zero-order chi connectivity index (χ0) is 20.4. The largest absolute Gasteiger partial charge is 0.340 e. The van der Waals surface area contributed by atoms with Crippen LogP contribution in [-0.4, -0.2) is 60.4 Å². The van der Waals surface area contributed by atoms with Crippen LogP contribution in [0, 0.1) is 0 Å². The SMILES string of the molecule is CC1Cc2ccccc2N1C(=O)CN1CCN(C(=O)Cc2ccc(Cl)cc2)CC1. The van der Waals surface area contributed by atoms with E-state index in [1.807, 2.05) is 52.3 Å². The number of nitrogens with zero attached hydrogens (tertiary/aromatic N) is 3. The van der Waals surface area contributed by atoms with Gasteiger partial charge in [-0.15, -0.1) is 0 Å². The average Bonchev–Trinajstić information content (AvgIpc) is 3.06. The average molecular weight is 412 g/mol. The quantitative estimate of drug-likeness (QED) is 0.776. The van der Waals surface area contributed by atoms with Gasteiger partial charge in [-0.25, -0.2) is 0 Å². The number of piperazine rings is 1. The fraction of sp³-hybridized carbons (Fsp3) is 0.391. The Labute approximate surface area is 176 Å². The second-order valence-electron chi connectivity index (χ2n) is 7.91. The van der Waals surface area contributed by atoms with Crippen molar-refractivity contribution in [1.29, 1.82) is 0 Å². The second kappa shape index (κ2) is 8.56. The lowest BCUT2D eigenvalue weighted by Crippen LogP contribution is -2.52. The highest BCUT2D eigenvalue weighted by Gasteiger charge is 2.32. The number of amides is 2. The summed E-state index contributed by atoms with van der Waals surface area (Å²) in [6, 6.07) is 15.8. The number of fused-ring (bicyclic) bond motifs is 1. The minimum Gasteiger partial charge on any atom is -0.340 e. The van der Waals surface area contributed by atoms with Crippen molar-refractivity contribution in [1.82, 2.24) is 9.80 Å². The van der Waals surface area contributed by atoms with E-state index >= 15 is 0 Å². The Morgan fingerprint density at radius 3 is 2.38 bits per heavy atom. The lowest BCUT2D eigenvalue weighted by molar-refractivity contribution is -0.132. The van der Waals surface area contributed by atoms with Crippen molar-refractivity contribution in [3.8, 4) is 0 Å². The minimum absolute atomic E-state index is 0.125. The van der Waals surface area contributed by atoms with Crippen LogP contribution in [0.1, 0.15) is 18.1 Å². The molecule has 2 aliphatic rings. The third-order valence-corrected chi connectivity index (χ3v) is 6.08. The molecule has 152 valence electrons. The predicted octanol–water partition coefficient (Wildman–Crippen LogP) is 3.00. The van der Waals surface area contributed by atoms with Crippen molar-refractivity contribution >= 4 is 29.1 Å². The first kappa shape index (κ1) is 19.9. The molecule has 0 aliphatic carbocycles. The molecule has 1 unspecified atom stereocenters. The van der Waals surface area contributed by atoms with Crippen LogP contribution in [0.15, 0.2) is 48.5 Å². The van der Waals surface area contributed by atoms with Crippen LogP contribution in [0.25, 0.3) is 0 Å². The Bertz CT molecular complexity index is 891.